The van der Waals surface area contributed by atoms with Crippen LogP contribution in [-0.2, 0) is 4.79 Å². The molecule has 0 atom stereocenters. The lowest BCUT2D eigenvalue weighted by Gasteiger charge is -1.95. The van der Waals surface area contributed by atoms with Gasteiger partial charge >= 0.3 is 5.97 Å². The van der Waals surface area contributed by atoms with Crippen molar-refractivity contribution in [3.8, 4) is 5.75 Å². The highest BCUT2D eigenvalue weighted by Crippen LogP contribution is 2.24. The standard InChI is InChI=1S/C12H11NO3/c1-7(12(15)16)4-8-6-13-11-5-9(14)2-3-10(8)11/h2-6,13-14H,1H3,(H,15,16). The van der Waals surface area contributed by atoms with Crippen LogP contribution in [0.1, 0.15) is 12.5 Å². The van der Waals surface area contributed by atoms with Gasteiger partial charge in [0.2, 0.25) is 0 Å². The van der Waals surface area contributed by atoms with Crippen molar-refractivity contribution in [1.29, 1.82) is 0 Å². The number of hydrogen-bond acceptors (Lipinski definition) is 2. The van der Waals surface area contributed by atoms with Crippen LogP contribution < -0.4 is 0 Å². The molecule has 16 heavy (non-hydrogen) atoms. The van der Waals surface area contributed by atoms with E-state index < -0.39 is 5.97 Å². The van der Waals surface area contributed by atoms with Crippen LogP contribution >= 0.6 is 0 Å². The lowest BCUT2D eigenvalue weighted by atomic mass is 10.1. The van der Waals surface area contributed by atoms with Crippen molar-refractivity contribution in [1.82, 2.24) is 4.98 Å². The molecule has 0 aliphatic carbocycles. The third-order valence-corrected chi connectivity index (χ3v) is 2.41. The molecule has 0 saturated carbocycles. The van der Waals surface area contributed by atoms with Crippen LogP contribution in [0.5, 0.6) is 5.75 Å². The molecule has 1 heterocycles. The number of nitrogens with one attached hydrogen (secondary N) is 1. The van der Waals surface area contributed by atoms with Crippen LogP contribution in [-0.4, -0.2) is 21.2 Å². The van der Waals surface area contributed by atoms with Gasteiger partial charge in [0.1, 0.15) is 5.75 Å². The Morgan fingerprint density at radius 2 is 2.19 bits per heavy atom. The van der Waals surface area contributed by atoms with Crippen molar-refractivity contribution < 1.29 is 15.0 Å². The normalized spacial score (nSPS) is 11.9. The molecule has 2 aromatic rings. The van der Waals surface area contributed by atoms with E-state index in [1.165, 1.54) is 0 Å². The number of aliphatic carboxylic acids is 1. The van der Waals surface area contributed by atoms with Gasteiger partial charge in [0.25, 0.3) is 0 Å². The molecule has 0 fully saturated rings. The number of carboxylic acids is 1. The minimum Gasteiger partial charge on any atom is -0.508 e. The summed E-state index contributed by atoms with van der Waals surface area (Å²) in [6.45, 7) is 1.54. The summed E-state index contributed by atoms with van der Waals surface area (Å²) in [5.74, 6) is -0.757. The molecule has 0 bridgehead atoms. The number of phenols is 1. The summed E-state index contributed by atoms with van der Waals surface area (Å²) in [6.07, 6.45) is 3.31. The molecule has 3 N–H and O–H groups in total. The minimum absolute atomic E-state index is 0.180. The molecule has 0 spiro atoms. The first-order valence-electron chi connectivity index (χ1n) is 4.79. The maximum absolute atomic E-state index is 10.7. The molecule has 4 heteroatoms. The van der Waals surface area contributed by atoms with Crippen LogP contribution in [0.25, 0.3) is 17.0 Å². The lowest BCUT2D eigenvalue weighted by Crippen LogP contribution is -1.94. The van der Waals surface area contributed by atoms with E-state index in [1.807, 2.05) is 0 Å². The van der Waals surface area contributed by atoms with Crippen LogP contribution in [0.3, 0.4) is 0 Å². The zero-order valence-electron chi connectivity index (χ0n) is 8.69. The maximum Gasteiger partial charge on any atom is 0.331 e. The summed E-state index contributed by atoms with van der Waals surface area (Å²) in [6, 6.07) is 4.93. The monoisotopic (exact) mass is 217 g/mol. The first-order valence-corrected chi connectivity index (χ1v) is 4.79. The molecule has 0 saturated heterocycles. The number of benzene rings is 1. The number of rotatable bonds is 2. The Morgan fingerprint density at radius 3 is 2.88 bits per heavy atom. The molecule has 0 aliphatic rings. The highest BCUT2D eigenvalue weighted by molar-refractivity contribution is 5.96. The van der Waals surface area contributed by atoms with Gasteiger partial charge in [-0.05, 0) is 25.1 Å². The van der Waals surface area contributed by atoms with E-state index in [1.54, 1.807) is 37.4 Å². The number of aromatic amines is 1. The lowest BCUT2D eigenvalue weighted by molar-refractivity contribution is -0.132. The first-order chi connectivity index (χ1) is 7.58. The highest BCUT2D eigenvalue weighted by Gasteiger charge is 2.05. The van der Waals surface area contributed by atoms with Crippen molar-refractivity contribution >= 4 is 22.9 Å². The van der Waals surface area contributed by atoms with E-state index in [9.17, 15) is 9.90 Å². The van der Waals surface area contributed by atoms with Gasteiger partial charge in [0, 0.05) is 34.3 Å². The number of H-pyrrole nitrogens is 1. The SMILES string of the molecule is CC(=Cc1c[nH]c2cc(O)ccc12)C(=O)O. The second kappa shape index (κ2) is 3.73. The summed E-state index contributed by atoms with van der Waals surface area (Å²) in [5, 5.41) is 18.9. The smallest absolute Gasteiger partial charge is 0.331 e. The summed E-state index contributed by atoms with van der Waals surface area (Å²) in [5.41, 5.74) is 1.85. The van der Waals surface area contributed by atoms with Crippen LogP contribution in [0.4, 0.5) is 0 Å². The molecule has 0 aliphatic heterocycles. The average Bonchev–Trinajstić information content (AvgIpc) is 2.60. The number of phenolic OH excluding ortho intramolecular Hbond substituents is 1. The van der Waals surface area contributed by atoms with Crippen LogP contribution in [0, 0.1) is 0 Å². The summed E-state index contributed by atoms with van der Waals surface area (Å²) >= 11 is 0. The minimum atomic E-state index is -0.937. The van der Waals surface area contributed by atoms with Gasteiger partial charge in [0.05, 0.1) is 0 Å². The van der Waals surface area contributed by atoms with Crippen molar-refractivity contribution in [2.75, 3.05) is 0 Å². The molecule has 0 unspecified atom stereocenters. The Bertz CT molecular complexity index is 581. The van der Waals surface area contributed by atoms with Gasteiger partial charge in [-0.3, -0.25) is 0 Å². The predicted octanol–water partition coefficient (Wildman–Crippen LogP) is 2.36. The number of fused-ring (bicyclic) bond motifs is 1. The average molecular weight is 217 g/mol. The topological polar surface area (TPSA) is 73.3 Å². The first kappa shape index (κ1) is 10.3. The predicted molar refractivity (Wildman–Crippen MR) is 61.3 cm³/mol. The van der Waals surface area contributed by atoms with E-state index in [2.05, 4.69) is 4.98 Å². The molecule has 0 amide bonds. The molecule has 1 aromatic heterocycles. The Kier molecular flexibility index (Phi) is 2.40. The van der Waals surface area contributed by atoms with E-state index in [0.29, 0.717) is 0 Å². The zero-order chi connectivity index (χ0) is 11.7. The van der Waals surface area contributed by atoms with E-state index in [0.717, 1.165) is 16.5 Å². The van der Waals surface area contributed by atoms with Gasteiger partial charge in [-0.1, -0.05) is 0 Å². The fourth-order valence-corrected chi connectivity index (χ4v) is 1.55. The number of aromatic nitrogens is 1. The fourth-order valence-electron chi connectivity index (χ4n) is 1.55. The third-order valence-electron chi connectivity index (χ3n) is 2.41. The van der Waals surface area contributed by atoms with Gasteiger partial charge in [0.15, 0.2) is 0 Å². The summed E-state index contributed by atoms with van der Waals surface area (Å²) < 4.78 is 0. The Morgan fingerprint density at radius 1 is 1.44 bits per heavy atom. The Labute approximate surface area is 91.8 Å². The molecule has 1 aromatic carbocycles. The van der Waals surface area contributed by atoms with Crippen molar-refractivity contribution in [2.24, 2.45) is 0 Å². The number of hydrogen-bond donors (Lipinski definition) is 3. The highest BCUT2D eigenvalue weighted by atomic mass is 16.4. The number of carboxylic acid groups (broad SMARTS) is 1. The van der Waals surface area contributed by atoms with Crippen molar-refractivity contribution in [3.63, 3.8) is 0 Å². The Balaban J connectivity index is 2.55. The van der Waals surface area contributed by atoms with Crippen molar-refractivity contribution in [3.05, 3.63) is 35.5 Å². The molecule has 0 radical (unpaired) electrons. The van der Waals surface area contributed by atoms with Gasteiger partial charge in [-0.25, -0.2) is 4.79 Å². The second-order valence-electron chi connectivity index (χ2n) is 3.61. The quantitative estimate of drug-likeness (QED) is 0.676. The molecular weight excluding hydrogens is 206 g/mol. The maximum atomic E-state index is 10.7. The second-order valence-corrected chi connectivity index (χ2v) is 3.61. The fraction of sp³-hybridized carbons (Fsp3) is 0.0833. The van der Waals surface area contributed by atoms with Crippen molar-refractivity contribution in [2.45, 2.75) is 6.92 Å². The number of aromatic hydroxyl groups is 1. The van der Waals surface area contributed by atoms with Crippen LogP contribution in [0.15, 0.2) is 30.0 Å². The Hall–Kier alpha value is -2.23. The molecule has 4 nitrogen and oxygen atoms in total. The van der Waals surface area contributed by atoms with Gasteiger partial charge in [-0.15, -0.1) is 0 Å². The van der Waals surface area contributed by atoms with Gasteiger partial charge in [-0.2, -0.15) is 0 Å². The molecule has 2 rings (SSSR count). The third kappa shape index (κ3) is 1.77. The molecule has 82 valence electrons. The van der Waals surface area contributed by atoms with Crippen LogP contribution in [0.2, 0.25) is 0 Å². The summed E-state index contributed by atoms with van der Waals surface area (Å²) in [4.78, 5) is 13.7. The number of carbonyl (C=O) groups is 1. The summed E-state index contributed by atoms with van der Waals surface area (Å²) in [7, 11) is 0. The van der Waals surface area contributed by atoms with E-state index >= 15 is 0 Å². The van der Waals surface area contributed by atoms with E-state index in [-0.39, 0.29) is 11.3 Å². The van der Waals surface area contributed by atoms with E-state index in [4.69, 9.17) is 5.11 Å². The zero-order valence-corrected chi connectivity index (χ0v) is 8.69. The van der Waals surface area contributed by atoms with Gasteiger partial charge < -0.3 is 15.2 Å². The molecular formula is C12H11NO3. The largest absolute Gasteiger partial charge is 0.508 e.